The maximum Gasteiger partial charge on any atom is 0.264 e. The van der Waals surface area contributed by atoms with Crippen LogP contribution in [0, 0.1) is 0 Å². The van der Waals surface area contributed by atoms with Crippen molar-refractivity contribution >= 4 is 37.9 Å². The van der Waals surface area contributed by atoms with Crippen molar-refractivity contribution in [2.24, 2.45) is 0 Å². The van der Waals surface area contributed by atoms with Crippen molar-refractivity contribution in [2.75, 3.05) is 7.11 Å². The molecule has 2 aromatic carbocycles. The number of furan rings is 1. The predicted molar refractivity (Wildman–Crippen MR) is 91.8 cm³/mol. The van der Waals surface area contributed by atoms with E-state index < -0.39 is 0 Å². The highest BCUT2D eigenvalue weighted by molar-refractivity contribution is 9.10. The highest BCUT2D eigenvalue weighted by Crippen LogP contribution is 2.44. The number of halogens is 1. The van der Waals surface area contributed by atoms with E-state index in [9.17, 15) is 4.79 Å². The normalized spacial score (nSPS) is 11.2. The van der Waals surface area contributed by atoms with Crippen LogP contribution >= 0.6 is 15.9 Å². The number of methoxy groups -OCH3 is 1. The van der Waals surface area contributed by atoms with Crippen LogP contribution in [0.5, 0.6) is 5.75 Å². The van der Waals surface area contributed by atoms with Gasteiger partial charge in [0.2, 0.25) is 0 Å². The van der Waals surface area contributed by atoms with Gasteiger partial charge in [-0.25, -0.2) is 5.10 Å². The minimum Gasteiger partial charge on any atom is -0.492 e. The quantitative estimate of drug-likeness (QED) is 0.576. The first-order chi connectivity index (χ1) is 11.2. The highest BCUT2D eigenvalue weighted by atomic mass is 79.9. The Morgan fingerprint density at radius 1 is 1.22 bits per heavy atom. The monoisotopic (exact) mass is 370 g/mol. The molecular weight excluding hydrogens is 360 g/mol. The highest BCUT2D eigenvalue weighted by Gasteiger charge is 2.20. The van der Waals surface area contributed by atoms with Gasteiger partial charge in [0, 0.05) is 22.4 Å². The largest absolute Gasteiger partial charge is 0.492 e. The third kappa shape index (κ3) is 2.14. The molecule has 0 saturated carbocycles. The second-order valence-electron chi connectivity index (χ2n) is 5.05. The van der Waals surface area contributed by atoms with E-state index in [0.29, 0.717) is 17.0 Å². The lowest BCUT2D eigenvalue weighted by atomic mass is 10.0. The van der Waals surface area contributed by atoms with Crippen LogP contribution in [0.2, 0.25) is 0 Å². The van der Waals surface area contributed by atoms with Crippen molar-refractivity contribution in [3.8, 4) is 17.0 Å². The minimum absolute atomic E-state index is 0.241. The molecule has 2 aromatic heterocycles. The number of hydrogen-bond acceptors (Lipinski definition) is 4. The van der Waals surface area contributed by atoms with E-state index in [1.807, 2.05) is 30.3 Å². The molecule has 0 amide bonds. The number of H-pyrrole nitrogens is 1. The number of fused-ring (bicyclic) bond motifs is 3. The fraction of sp³-hybridized carbons (Fsp3) is 0.0588. The molecule has 5 nitrogen and oxygen atoms in total. The van der Waals surface area contributed by atoms with Gasteiger partial charge in [0.15, 0.2) is 11.3 Å². The Balaban J connectivity index is 2.19. The smallest absolute Gasteiger partial charge is 0.264 e. The number of aromatic amines is 1. The molecule has 4 rings (SSSR count). The number of nitrogens with one attached hydrogen (secondary N) is 1. The predicted octanol–water partition coefficient (Wildman–Crippen LogP) is 4.11. The van der Waals surface area contributed by atoms with Crippen LogP contribution in [0.4, 0.5) is 0 Å². The van der Waals surface area contributed by atoms with Crippen molar-refractivity contribution in [1.29, 1.82) is 0 Å². The molecule has 0 fully saturated rings. The molecule has 0 saturated heterocycles. The first kappa shape index (κ1) is 14.0. The van der Waals surface area contributed by atoms with Crippen LogP contribution in [0.1, 0.15) is 0 Å². The summed E-state index contributed by atoms with van der Waals surface area (Å²) in [5.41, 5.74) is 2.68. The average molecular weight is 371 g/mol. The van der Waals surface area contributed by atoms with Crippen LogP contribution < -0.4 is 10.3 Å². The first-order valence-corrected chi connectivity index (χ1v) is 7.72. The van der Waals surface area contributed by atoms with Gasteiger partial charge in [-0.15, -0.1) is 0 Å². The number of aromatic nitrogens is 2. The van der Waals surface area contributed by atoms with E-state index in [0.717, 1.165) is 26.4 Å². The summed E-state index contributed by atoms with van der Waals surface area (Å²) in [5, 5.41) is 8.48. The number of para-hydroxylation sites is 1. The van der Waals surface area contributed by atoms with Gasteiger partial charge in [-0.1, -0.05) is 18.2 Å². The van der Waals surface area contributed by atoms with E-state index in [1.54, 1.807) is 13.2 Å². The summed E-state index contributed by atoms with van der Waals surface area (Å²) in [5.74, 6) is 0.629. The molecule has 1 N–H and O–H groups in total. The molecule has 4 aromatic rings. The van der Waals surface area contributed by atoms with Crippen molar-refractivity contribution in [3.63, 3.8) is 0 Å². The molecule has 0 aliphatic rings. The zero-order valence-corrected chi connectivity index (χ0v) is 13.7. The molecular formula is C17H11BrN2O3. The fourth-order valence-corrected chi connectivity index (χ4v) is 3.30. The second-order valence-corrected chi connectivity index (χ2v) is 5.90. The molecule has 0 bridgehead atoms. The molecule has 6 heteroatoms. The molecule has 0 aliphatic heterocycles. The van der Waals surface area contributed by atoms with Crippen LogP contribution in [0.25, 0.3) is 33.2 Å². The minimum atomic E-state index is -0.241. The van der Waals surface area contributed by atoms with Gasteiger partial charge in [0.05, 0.1) is 17.3 Å². The number of nitrogens with zero attached hydrogens (tertiary/aromatic N) is 1. The third-order valence-corrected chi connectivity index (χ3v) is 4.31. The van der Waals surface area contributed by atoms with Gasteiger partial charge in [0.1, 0.15) is 5.58 Å². The van der Waals surface area contributed by atoms with Gasteiger partial charge in [-0.05, 0) is 34.1 Å². The number of ether oxygens (including phenoxy) is 1. The van der Waals surface area contributed by atoms with Crippen LogP contribution in [0.3, 0.4) is 0 Å². The first-order valence-electron chi connectivity index (χ1n) is 6.93. The van der Waals surface area contributed by atoms with Gasteiger partial charge in [-0.2, -0.15) is 5.10 Å². The van der Waals surface area contributed by atoms with Crippen molar-refractivity contribution in [2.45, 2.75) is 0 Å². The van der Waals surface area contributed by atoms with Crippen LogP contribution in [-0.4, -0.2) is 17.3 Å². The van der Waals surface area contributed by atoms with E-state index >= 15 is 0 Å². The van der Waals surface area contributed by atoms with E-state index in [4.69, 9.17) is 9.15 Å². The van der Waals surface area contributed by atoms with Crippen molar-refractivity contribution < 1.29 is 9.15 Å². The summed E-state index contributed by atoms with van der Waals surface area (Å²) in [4.78, 5) is 11.3. The summed E-state index contributed by atoms with van der Waals surface area (Å²) in [6.45, 7) is 0. The van der Waals surface area contributed by atoms with E-state index in [1.165, 1.54) is 6.07 Å². The van der Waals surface area contributed by atoms with Crippen LogP contribution in [0.15, 0.2) is 56.1 Å². The lowest BCUT2D eigenvalue weighted by molar-refractivity contribution is 0.409. The third-order valence-electron chi connectivity index (χ3n) is 3.72. The van der Waals surface area contributed by atoms with Gasteiger partial charge < -0.3 is 9.15 Å². The summed E-state index contributed by atoms with van der Waals surface area (Å²) in [7, 11) is 1.60. The number of hydrogen-bond donors (Lipinski definition) is 1. The summed E-state index contributed by atoms with van der Waals surface area (Å²) >= 11 is 3.51. The maximum atomic E-state index is 11.3. The summed E-state index contributed by atoms with van der Waals surface area (Å²) in [6.07, 6.45) is 0. The molecule has 114 valence electrons. The zero-order chi connectivity index (χ0) is 16.0. The Labute approximate surface area is 139 Å². The summed E-state index contributed by atoms with van der Waals surface area (Å²) in [6, 6.07) is 12.8. The lowest BCUT2D eigenvalue weighted by Crippen LogP contribution is -2.05. The molecule has 0 atom stereocenters. The Hall–Kier alpha value is -2.60. The van der Waals surface area contributed by atoms with Gasteiger partial charge >= 0.3 is 0 Å². The standard InChI is InChI=1S/C17H11BrN2O3/c1-22-16-11(18)8-10(12-6-7-14(21)20-19-12)15-9-4-2-3-5-13(9)23-17(15)16/h2-8H,1H3,(H,20,21). The number of rotatable bonds is 2. The lowest BCUT2D eigenvalue weighted by Gasteiger charge is -2.08. The molecule has 0 unspecified atom stereocenters. The van der Waals surface area contributed by atoms with E-state index in [2.05, 4.69) is 26.1 Å². The fourth-order valence-electron chi connectivity index (χ4n) is 2.73. The van der Waals surface area contributed by atoms with Crippen molar-refractivity contribution in [3.05, 3.63) is 57.3 Å². The van der Waals surface area contributed by atoms with Gasteiger partial charge in [-0.3, -0.25) is 4.79 Å². The maximum absolute atomic E-state index is 11.3. The molecule has 2 heterocycles. The summed E-state index contributed by atoms with van der Waals surface area (Å²) < 4.78 is 12.2. The van der Waals surface area contributed by atoms with Crippen LogP contribution in [-0.2, 0) is 0 Å². The Morgan fingerprint density at radius 2 is 2.04 bits per heavy atom. The van der Waals surface area contributed by atoms with Crippen molar-refractivity contribution in [1.82, 2.24) is 10.2 Å². The number of benzene rings is 2. The van der Waals surface area contributed by atoms with E-state index in [-0.39, 0.29) is 5.56 Å². The zero-order valence-electron chi connectivity index (χ0n) is 12.1. The average Bonchev–Trinajstić information content (AvgIpc) is 2.94. The molecule has 0 aliphatic carbocycles. The topological polar surface area (TPSA) is 68.1 Å². The molecule has 0 spiro atoms. The Bertz CT molecular complexity index is 1080. The second kappa shape index (κ2) is 5.24. The Kier molecular flexibility index (Phi) is 3.20. The molecule has 0 radical (unpaired) electrons. The Morgan fingerprint density at radius 3 is 2.78 bits per heavy atom. The SMILES string of the molecule is COc1c(Br)cc(-c2ccc(=O)[nH]n2)c2c1oc1ccccc12. The van der Waals surface area contributed by atoms with Gasteiger partial charge in [0.25, 0.3) is 5.56 Å². The molecule has 23 heavy (non-hydrogen) atoms.